The zero-order valence-electron chi connectivity index (χ0n) is 20.5. The molecule has 0 radical (unpaired) electrons. The molecule has 0 spiro atoms. The van der Waals surface area contributed by atoms with Crippen LogP contribution in [0.5, 0.6) is 23.0 Å². The summed E-state index contributed by atoms with van der Waals surface area (Å²) in [6.45, 7) is 8.70. The van der Waals surface area contributed by atoms with Crippen LogP contribution < -0.4 is 9.47 Å². The van der Waals surface area contributed by atoms with E-state index in [1.165, 1.54) is 0 Å². The molecular weight excluding hydrogens is 444 g/mol. The quantitative estimate of drug-likeness (QED) is 0.251. The summed E-state index contributed by atoms with van der Waals surface area (Å²) in [6, 6.07) is 16.9. The van der Waals surface area contributed by atoms with E-state index in [1.807, 2.05) is 63.2 Å². The van der Waals surface area contributed by atoms with Crippen LogP contribution in [0.1, 0.15) is 19.4 Å². The maximum atomic E-state index is 11.4. The zero-order chi connectivity index (χ0) is 24.8. The molecule has 4 aromatic rings. The molecule has 0 bridgehead atoms. The highest BCUT2D eigenvalue weighted by Crippen LogP contribution is 2.48. The molecule has 35 heavy (non-hydrogen) atoms. The monoisotopic (exact) mass is 476 g/mol. The van der Waals surface area contributed by atoms with Crippen molar-refractivity contribution >= 4 is 21.5 Å². The van der Waals surface area contributed by atoms with Crippen LogP contribution in [-0.4, -0.2) is 49.9 Å². The molecule has 6 heteroatoms. The Bertz CT molecular complexity index is 1310. The van der Waals surface area contributed by atoms with Gasteiger partial charge in [0.2, 0.25) is 0 Å². The van der Waals surface area contributed by atoms with E-state index in [0.29, 0.717) is 73.0 Å². The molecule has 4 rings (SSSR count). The van der Waals surface area contributed by atoms with Gasteiger partial charge in [0.15, 0.2) is 0 Å². The van der Waals surface area contributed by atoms with E-state index < -0.39 is 0 Å². The van der Waals surface area contributed by atoms with Crippen molar-refractivity contribution in [3.05, 3.63) is 60.2 Å². The van der Waals surface area contributed by atoms with Crippen molar-refractivity contribution in [2.45, 2.75) is 20.8 Å². The lowest BCUT2D eigenvalue weighted by atomic mass is 9.93. The molecule has 2 N–H and O–H groups in total. The van der Waals surface area contributed by atoms with Crippen LogP contribution in [0.15, 0.2) is 54.6 Å². The van der Waals surface area contributed by atoms with Crippen LogP contribution in [0.4, 0.5) is 0 Å². The van der Waals surface area contributed by atoms with Gasteiger partial charge in [-0.1, -0.05) is 42.5 Å². The first kappa shape index (κ1) is 24.6. The molecular formula is C29H32O6. The molecule has 0 unspecified atom stereocenters. The Morgan fingerprint density at radius 2 is 1.17 bits per heavy atom. The summed E-state index contributed by atoms with van der Waals surface area (Å²) in [5.74, 6) is 1.38. The molecule has 0 aliphatic carbocycles. The highest BCUT2D eigenvalue weighted by molar-refractivity contribution is 6.05. The largest absolute Gasteiger partial charge is 0.507 e. The third-order valence-electron chi connectivity index (χ3n) is 5.95. The fourth-order valence-corrected chi connectivity index (χ4v) is 4.29. The summed E-state index contributed by atoms with van der Waals surface area (Å²) in [4.78, 5) is 0. The highest BCUT2D eigenvalue weighted by Gasteiger charge is 2.21. The Hall–Kier alpha value is -3.48. The zero-order valence-corrected chi connectivity index (χ0v) is 20.5. The molecule has 0 saturated carbocycles. The third-order valence-corrected chi connectivity index (χ3v) is 5.95. The van der Waals surface area contributed by atoms with Gasteiger partial charge in [-0.15, -0.1) is 0 Å². The number of phenols is 2. The SMILES string of the molecule is CCOCCOc1cc(-c2cc(OCCOCC)c3cccc(C)c3c2O)c(O)c2ccccc12. The van der Waals surface area contributed by atoms with Crippen molar-refractivity contribution in [1.29, 1.82) is 0 Å². The number of rotatable bonds is 11. The highest BCUT2D eigenvalue weighted by atomic mass is 16.5. The topological polar surface area (TPSA) is 77.4 Å². The number of aryl methyl sites for hydroxylation is 1. The molecule has 0 heterocycles. The molecule has 0 aromatic heterocycles. The molecule has 0 amide bonds. The first-order valence-corrected chi connectivity index (χ1v) is 12.0. The van der Waals surface area contributed by atoms with Crippen LogP contribution in [0, 0.1) is 6.92 Å². The van der Waals surface area contributed by atoms with Gasteiger partial charge in [-0.05, 0) is 38.5 Å². The van der Waals surface area contributed by atoms with Crippen molar-refractivity contribution < 1.29 is 29.2 Å². The fraction of sp³-hybridized carbons (Fsp3) is 0.310. The third kappa shape index (κ3) is 5.14. The fourth-order valence-electron chi connectivity index (χ4n) is 4.29. The number of hydrogen-bond acceptors (Lipinski definition) is 6. The summed E-state index contributed by atoms with van der Waals surface area (Å²) in [6.07, 6.45) is 0. The summed E-state index contributed by atoms with van der Waals surface area (Å²) in [5.41, 5.74) is 1.84. The number of phenolic OH excluding ortho intramolecular Hbond substituents is 2. The predicted octanol–water partition coefficient (Wildman–Crippen LogP) is 6.21. The first-order chi connectivity index (χ1) is 17.1. The van der Waals surface area contributed by atoms with Gasteiger partial charge in [0, 0.05) is 45.9 Å². The Balaban J connectivity index is 1.88. The number of benzene rings is 4. The minimum atomic E-state index is 0.0706. The molecule has 184 valence electrons. The standard InChI is InChI=1S/C29H32O6/c1-4-32-13-15-34-25-17-23(28(30)21-11-7-6-10-20(21)25)24-18-26(35-16-14-33-5-2)22-12-8-9-19(3)27(22)29(24)31/h6-12,17-18,30-31H,4-5,13-16H2,1-3H3. The second kappa shape index (κ2) is 11.3. The van der Waals surface area contributed by atoms with Gasteiger partial charge in [0.25, 0.3) is 0 Å². The van der Waals surface area contributed by atoms with Crippen LogP contribution in [-0.2, 0) is 9.47 Å². The Kier molecular flexibility index (Phi) is 7.95. The van der Waals surface area contributed by atoms with Crippen LogP contribution in [0.3, 0.4) is 0 Å². The number of fused-ring (bicyclic) bond motifs is 2. The molecule has 0 aliphatic heterocycles. The van der Waals surface area contributed by atoms with Crippen molar-refractivity contribution in [3.63, 3.8) is 0 Å². The van der Waals surface area contributed by atoms with Crippen molar-refractivity contribution in [2.75, 3.05) is 39.6 Å². The van der Waals surface area contributed by atoms with E-state index in [-0.39, 0.29) is 11.5 Å². The van der Waals surface area contributed by atoms with Gasteiger partial charge in [-0.25, -0.2) is 0 Å². The normalized spacial score (nSPS) is 11.3. The van der Waals surface area contributed by atoms with E-state index in [4.69, 9.17) is 18.9 Å². The van der Waals surface area contributed by atoms with Crippen molar-refractivity contribution in [2.24, 2.45) is 0 Å². The van der Waals surface area contributed by atoms with E-state index in [1.54, 1.807) is 12.1 Å². The second-order valence-corrected chi connectivity index (χ2v) is 8.18. The van der Waals surface area contributed by atoms with Crippen molar-refractivity contribution in [3.8, 4) is 34.1 Å². The number of ether oxygens (including phenoxy) is 4. The van der Waals surface area contributed by atoms with Gasteiger partial charge in [-0.3, -0.25) is 0 Å². The Morgan fingerprint density at radius 1 is 0.629 bits per heavy atom. The summed E-state index contributed by atoms with van der Waals surface area (Å²) >= 11 is 0. The van der Waals surface area contributed by atoms with E-state index in [9.17, 15) is 10.2 Å². The minimum absolute atomic E-state index is 0.0706. The number of hydrogen-bond donors (Lipinski definition) is 2. The van der Waals surface area contributed by atoms with Gasteiger partial charge in [-0.2, -0.15) is 0 Å². The molecule has 0 saturated heterocycles. The van der Waals surface area contributed by atoms with E-state index in [2.05, 4.69) is 0 Å². The molecule has 0 fully saturated rings. The van der Waals surface area contributed by atoms with Crippen LogP contribution in [0.25, 0.3) is 32.7 Å². The summed E-state index contributed by atoms with van der Waals surface area (Å²) in [7, 11) is 0. The summed E-state index contributed by atoms with van der Waals surface area (Å²) < 4.78 is 23.0. The maximum Gasteiger partial charge on any atom is 0.131 e. The average molecular weight is 477 g/mol. The van der Waals surface area contributed by atoms with Gasteiger partial charge in [0.1, 0.15) is 36.2 Å². The second-order valence-electron chi connectivity index (χ2n) is 8.18. The lowest BCUT2D eigenvalue weighted by Gasteiger charge is -2.18. The minimum Gasteiger partial charge on any atom is -0.507 e. The van der Waals surface area contributed by atoms with Crippen molar-refractivity contribution in [1.82, 2.24) is 0 Å². The Labute approximate surface area is 205 Å². The van der Waals surface area contributed by atoms with Gasteiger partial charge in [0.05, 0.1) is 13.2 Å². The van der Waals surface area contributed by atoms with Crippen LogP contribution >= 0.6 is 0 Å². The van der Waals surface area contributed by atoms with E-state index >= 15 is 0 Å². The lowest BCUT2D eigenvalue weighted by molar-refractivity contribution is 0.110. The smallest absolute Gasteiger partial charge is 0.131 e. The van der Waals surface area contributed by atoms with Crippen LogP contribution in [0.2, 0.25) is 0 Å². The first-order valence-electron chi connectivity index (χ1n) is 12.0. The lowest BCUT2D eigenvalue weighted by Crippen LogP contribution is -2.07. The maximum absolute atomic E-state index is 11.4. The Morgan fingerprint density at radius 3 is 1.80 bits per heavy atom. The molecule has 6 nitrogen and oxygen atoms in total. The van der Waals surface area contributed by atoms with Gasteiger partial charge < -0.3 is 29.2 Å². The van der Waals surface area contributed by atoms with Gasteiger partial charge >= 0.3 is 0 Å². The molecule has 4 aromatic carbocycles. The average Bonchev–Trinajstić information content (AvgIpc) is 2.87. The molecule has 0 atom stereocenters. The number of aromatic hydroxyl groups is 2. The molecule has 0 aliphatic rings. The van der Waals surface area contributed by atoms with E-state index in [0.717, 1.165) is 16.3 Å². The predicted molar refractivity (Wildman–Crippen MR) is 139 cm³/mol. The summed E-state index contributed by atoms with van der Waals surface area (Å²) in [5, 5.41) is 25.6.